The number of aliphatic carboxylic acids is 1. The van der Waals surface area contributed by atoms with Crippen LogP contribution >= 0.6 is 0 Å². The van der Waals surface area contributed by atoms with Crippen LogP contribution in [0.4, 0.5) is 0 Å². The zero-order chi connectivity index (χ0) is 15.6. The molecule has 1 aliphatic carbocycles. The van der Waals surface area contributed by atoms with Gasteiger partial charge in [0.25, 0.3) is 0 Å². The Hall–Kier alpha value is -1.59. The Bertz CT molecular complexity index is 502. The van der Waals surface area contributed by atoms with Crippen LogP contribution in [0.5, 0.6) is 5.75 Å². The first kappa shape index (κ1) is 15.8. The maximum atomic E-state index is 11.0. The molecule has 1 aromatic rings. The average Bonchev–Trinajstić information content (AvgIpc) is 3.20. The molecule has 21 heavy (non-hydrogen) atoms. The van der Waals surface area contributed by atoms with Crippen LogP contribution in [0.25, 0.3) is 0 Å². The Morgan fingerprint density at radius 1 is 1.38 bits per heavy atom. The van der Waals surface area contributed by atoms with E-state index in [2.05, 4.69) is 5.32 Å². The Morgan fingerprint density at radius 3 is 2.38 bits per heavy atom. The van der Waals surface area contributed by atoms with Crippen LogP contribution in [0, 0.1) is 13.8 Å². The van der Waals surface area contributed by atoms with Crippen molar-refractivity contribution in [3.05, 3.63) is 28.8 Å². The summed E-state index contributed by atoms with van der Waals surface area (Å²) in [7, 11) is 1.60. The minimum absolute atomic E-state index is 0.0947. The first-order valence-electron chi connectivity index (χ1n) is 7.23. The summed E-state index contributed by atoms with van der Waals surface area (Å²) in [5.74, 6) is -0.165. The molecule has 3 N–H and O–H groups in total. The van der Waals surface area contributed by atoms with Gasteiger partial charge in [-0.25, -0.2) is 0 Å². The second-order valence-electron chi connectivity index (χ2n) is 5.77. The fraction of sp³-hybridized carbons (Fsp3) is 0.562. The van der Waals surface area contributed by atoms with Crippen molar-refractivity contribution in [2.75, 3.05) is 7.11 Å². The summed E-state index contributed by atoms with van der Waals surface area (Å²) < 4.78 is 5.22. The van der Waals surface area contributed by atoms with Crippen molar-refractivity contribution in [2.24, 2.45) is 0 Å². The average molecular weight is 293 g/mol. The molecule has 0 bridgehead atoms. The number of ether oxygens (including phenoxy) is 1. The molecule has 1 aromatic carbocycles. The smallest absolute Gasteiger partial charge is 0.305 e. The van der Waals surface area contributed by atoms with Crippen LogP contribution in [0.2, 0.25) is 0 Å². The van der Waals surface area contributed by atoms with E-state index in [1.165, 1.54) is 0 Å². The second-order valence-corrected chi connectivity index (χ2v) is 5.77. The molecule has 0 heterocycles. The number of nitrogens with one attached hydrogen (secondary N) is 1. The lowest BCUT2D eigenvalue weighted by atomic mass is 9.92. The van der Waals surface area contributed by atoms with Gasteiger partial charge in [-0.1, -0.05) is 0 Å². The van der Waals surface area contributed by atoms with Gasteiger partial charge in [0.2, 0.25) is 0 Å². The molecule has 116 valence electrons. The molecule has 1 saturated carbocycles. The number of carbonyl (C=O) groups is 1. The third kappa shape index (κ3) is 3.95. The zero-order valence-corrected chi connectivity index (χ0v) is 12.7. The van der Waals surface area contributed by atoms with E-state index in [1.807, 2.05) is 26.0 Å². The van der Waals surface area contributed by atoms with Gasteiger partial charge < -0.3 is 20.3 Å². The fourth-order valence-corrected chi connectivity index (χ4v) is 2.72. The molecule has 2 atom stereocenters. The molecule has 5 nitrogen and oxygen atoms in total. The molecule has 1 fully saturated rings. The van der Waals surface area contributed by atoms with E-state index in [9.17, 15) is 9.90 Å². The fourth-order valence-electron chi connectivity index (χ4n) is 2.72. The van der Waals surface area contributed by atoms with Crippen LogP contribution in [0.1, 0.15) is 42.1 Å². The predicted molar refractivity (Wildman–Crippen MR) is 79.6 cm³/mol. The maximum Gasteiger partial charge on any atom is 0.305 e. The molecule has 0 aliphatic heterocycles. The van der Waals surface area contributed by atoms with Gasteiger partial charge in [-0.3, -0.25) is 4.79 Å². The van der Waals surface area contributed by atoms with E-state index in [0.29, 0.717) is 6.04 Å². The quantitative estimate of drug-likeness (QED) is 0.716. The van der Waals surface area contributed by atoms with Gasteiger partial charge in [0.05, 0.1) is 19.6 Å². The molecular formula is C16H23NO4. The van der Waals surface area contributed by atoms with Crippen molar-refractivity contribution in [3.8, 4) is 5.75 Å². The highest BCUT2D eigenvalue weighted by Gasteiger charge is 2.32. The van der Waals surface area contributed by atoms with Gasteiger partial charge in [-0.05, 0) is 55.5 Å². The van der Waals surface area contributed by atoms with Crippen molar-refractivity contribution in [1.29, 1.82) is 0 Å². The normalized spacial score (nSPS) is 17.3. The van der Waals surface area contributed by atoms with E-state index < -0.39 is 18.1 Å². The van der Waals surface area contributed by atoms with Crippen LogP contribution < -0.4 is 10.1 Å². The Balaban J connectivity index is 2.26. The molecule has 5 heteroatoms. The van der Waals surface area contributed by atoms with Crippen LogP contribution in [0.3, 0.4) is 0 Å². The monoisotopic (exact) mass is 293 g/mol. The molecule has 0 amide bonds. The summed E-state index contributed by atoms with van der Waals surface area (Å²) in [5.41, 5.74) is 2.61. The minimum atomic E-state index is -0.906. The molecule has 0 saturated heterocycles. The Morgan fingerprint density at radius 2 is 1.95 bits per heavy atom. The van der Waals surface area contributed by atoms with Crippen molar-refractivity contribution in [1.82, 2.24) is 5.32 Å². The molecule has 0 aromatic heterocycles. The number of carboxylic acids is 1. The third-order valence-corrected chi connectivity index (χ3v) is 3.90. The number of aliphatic hydroxyl groups is 1. The van der Waals surface area contributed by atoms with E-state index in [4.69, 9.17) is 9.84 Å². The first-order valence-corrected chi connectivity index (χ1v) is 7.23. The summed E-state index contributed by atoms with van der Waals surface area (Å²) >= 11 is 0. The molecule has 0 spiro atoms. The Labute approximate surface area is 124 Å². The summed E-state index contributed by atoms with van der Waals surface area (Å²) in [4.78, 5) is 11.0. The minimum Gasteiger partial charge on any atom is -0.497 e. The lowest BCUT2D eigenvalue weighted by molar-refractivity contribution is -0.138. The number of hydrogen-bond acceptors (Lipinski definition) is 4. The number of carboxylic acid groups (broad SMARTS) is 1. The van der Waals surface area contributed by atoms with E-state index in [0.717, 1.165) is 35.3 Å². The lowest BCUT2D eigenvalue weighted by Gasteiger charge is -2.26. The van der Waals surface area contributed by atoms with E-state index in [-0.39, 0.29) is 6.42 Å². The molecule has 1 aliphatic rings. The highest BCUT2D eigenvalue weighted by molar-refractivity contribution is 5.67. The van der Waals surface area contributed by atoms with Gasteiger partial charge >= 0.3 is 5.97 Å². The first-order chi connectivity index (χ1) is 9.92. The number of rotatable bonds is 7. The molecule has 0 radical (unpaired) electrons. The Kier molecular flexibility index (Phi) is 4.85. The zero-order valence-electron chi connectivity index (χ0n) is 12.7. The van der Waals surface area contributed by atoms with E-state index in [1.54, 1.807) is 7.11 Å². The topological polar surface area (TPSA) is 78.8 Å². The number of aliphatic hydroxyl groups excluding tert-OH is 1. The summed E-state index contributed by atoms with van der Waals surface area (Å²) in [6.07, 6.45) is 1.16. The van der Waals surface area contributed by atoms with Crippen molar-refractivity contribution in [2.45, 2.75) is 51.3 Å². The van der Waals surface area contributed by atoms with Crippen LogP contribution in [0.15, 0.2) is 12.1 Å². The number of benzene rings is 1. The summed E-state index contributed by atoms with van der Waals surface area (Å²) in [5, 5.41) is 23.0. The standard InChI is InChI=1S/C16H23NO4/c1-9-6-12(21-3)7-10(2)15(9)16(20)13(8-14(18)19)17-11-4-5-11/h6-7,11,13,16-17,20H,4-5,8H2,1-3H3,(H,18,19). The molecular weight excluding hydrogens is 270 g/mol. The van der Waals surface area contributed by atoms with Gasteiger partial charge in [0.15, 0.2) is 0 Å². The third-order valence-electron chi connectivity index (χ3n) is 3.90. The SMILES string of the molecule is COc1cc(C)c(C(O)C(CC(=O)O)NC2CC2)c(C)c1. The second kappa shape index (κ2) is 6.45. The van der Waals surface area contributed by atoms with Crippen molar-refractivity contribution < 1.29 is 19.7 Å². The maximum absolute atomic E-state index is 11.0. The van der Waals surface area contributed by atoms with Crippen LogP contribution in [-0.2, 0) is 4.79 Å². The van der Waals surface area contributed by atoms with Gasteiger partial charge in [0.1, 0.15) is 5.75 Å². The van der Waals surface area contributed by atoms with Crippen LogP contribution in [-0.4, -0.2) is 35.4 Å². The highest BCUT2D eigenvalue weighted by Crippen LogP contribution is 2.31. The lowest BCUT2D eigenvalue weighted by Crippen LogP contribution is -2.38. The molecule has 2 unspecified atom stereocenters. The largest absolute Gasteiger partial charge is 0.497 e. The van der Waals surface area contributed by atoms with Crippen molar-refractivity contribution in [3.63, 3.8) is 0 Å². The van der Waals surface area contributed by atoms with Gasteiger partial charge in [-0.2, -0.15) is 0 Å². The number of methoxy groups -OCH3 is 1. The van der Waals surface area contributed by atoms with Gasteiger partial charge in [0, 0.05) is 12.1 Å². The summed E-state index contributed by atoms with van der Waals surface area (Å²) in [6, 6.07) is 3.59. The van der Waals surface area contributed by atoms with Crippen molar-refractivity contribution >= 4 is 5.97 Å². The molecule has 2 rings (SSSR count). The number of aryl methyl sites for hydroxylation is 2. The predicted octanol–water partition coefficient (Wildman–Crippen LogP) is 1.94. The number of hydrogen-bond donors (Lipinski definition) is 3. The van der Waals surface area contributed by atoms with Gasteiger partial charge in [-0.15, -0.1) is 0 Å². The summed E-state index contributed by atoms with van der Waals surface area (Å²) in [6.45, 7) is 3.81. The highest BCUT2D eigenvalue weighted by atomic mass is 16.5. The van der Waals surface area contributed by atoms with E-state index >= 15 is 0 Å².